The van der Waals surface area contributed by atoms with Crippen LogP contribution in [0.4, 0.5) is 5.69 Å². The van der Waals surface area contributed by atoms with E-state index in [4.69, 9.17) is 9.47 Å². The molecule has 0 radical (unpaired) electrons. The van der Waals surface area contributed by atoms with E-state index in [9.17, 15) is 19.2 Å². The monoisotopic (exact) mass is 726 g/mol. The smallest absolute Gasteiger partial charge is 0.323 e. The number of ether oxygens (including phenoxy) is 2. The van der Waals surface area contributed by atoms with Gasteiger partial charge in [-0.15, -0.1) is 0 Å². The second kappa shape index (κ2) is 15.3. The Kier molecular flexibility index (Phi) is 10.1. The molecule has 2 aliphatic carbocycles. The number of Topliss-reactive ketones (excluding diaryl/α,β-unsaturated/α-hetero) is 1. The lowest BCUT2D eigenvalue weighted by atomic mass is 9.90. The number of pyridine rings is 2. The predicted octanol–water partition coefficient (Wildman–Crippen LogP) is 7.09. The molecule has 54 heavy (non-hydrogen) atoms. The highest BCUT2D eigenvalue weighted by molar-refractivity contribution is 6.04. The zero-order valence-electron chi connectivity index (χ0n) is 30.9. The minimum Gasteiger partial charge on any atom is -0.465 e. The van der Waals surface area contributed by atoms with Gasteiger partial charge in [-0.25, -0.2) is 0 Å². The van der Waals surface area contributed by atoms with Gasteiger partial charge in [-0.05, 0) is 139 Å². The number of nitrogens with zero attached hydrogens (tertiary/aromatic N) is 2. The number of nitrogens with one attached hydrogen (secondary N) is 2. The standard InChI is InChI=1S/C44H46N4O6/c1-25-30(19-41(49)39-20-36(28-11-12-28)32(24-46-39)23-45-38-16-18-54-44(38)52)5-3-6-33(25)34-7-4-8-37(26(34)2)48-42(50)40-21-35(27-9-10-27)31(22-47-40)14-13-29-15-17-53-43(29)51/h3-8,20-22,24,27-29,38,45H,9-19,23H2,1-2H3,(H,48,50)/t29-,38-/m0/s1. The van der Waals surface area contributed by atoms with Crippen LogP contribution in [0.25, 0.3) is 11.1 Å². The fourth-order valence-electron chi connectivity index (χ4n) is 7.90. The number of anilines is 1. The molecule has 278 valence electrons. The lowest BCUT2D eigenvalue weighted by Gasteiger charge is -2.17. The van der Waals surface area contributed by atoms with Crippen molar-refractivity contribution in [2.24, 2.45) is 5.92 Å². The van der Waals surface area contributed by atoms with Crippen LogP contribution in [-0.2, 0) is 38.4 Å². The average molecular weight is 727 g/mol. The van der Waals surface area contributed by atoms with Gasteiger partial charge in [0.15, 0.2) is 5.78 Å². The Balaban J connectivity index is 0.962. The third-order valence-electron chi connectivity index (χ3n) is 11.5. The number of hydrogen-bond acceptors (Lipinski definition) is 9. The number of aromatic nitrogens is 2. The Morgan fingerprint density at radius 2 is 1.39 bits per heavy atom. The maximum atomic E-state index is 13.7. The number of benzene rings is 2. The van der Waals surface area contributed by atoms with E-state index in [1.54, 1.807) is 6.20 Å². The molecule has 4 aliphatic rings. The minimum absolute atomic E-state index is 0.0427. The molecule has 10 heteroatoms. The predicted molar refractivity (Wildman–Crippen MR) is 203 cm³/mol. The Labute approximate surface area is 315 Å². The Hall–Kier alpha value is -5.22. The van der Waals surface area contributed by atoms with Crippen LogP contribution >= 0.6 is 0 Å². The van der Waals surface area contributed by atoms with E-state index in [-0.39, 0.29) is 42.0 Å². The SMILES string of the molecule is Cc1c(CC(=O)c2cc(C3CC3)c(CN[C@H]3CCOC3=O)cn2)cccc1-c1cccc(NC(=O)c2cc(C3CC3)c(CC[C@H]3CCOC3=O)cn2)c1C. The minimum atomic E-state index is -0.299. The van der Waals surface area contributed by atoms with Crippen LogP contribution in [-0.4, -0.2) is 52.9 Å². The fourth-order valence-corrected chi connectivity index (χ4v) is 7.90. The number of amides is 1. The van der Waals surface area contributed by atoms with Gasteiger partial charge >= 0.3 is 11.9 Å². The number of ketones is 1. The second-order valence-corrected chi connectivity index (χ2v) is 15.3. The number of carbonyl (C=O) groups is 4. The summed E-state index contributed by atoms with van der Waals surface area (Å²) in [6.07, 6.45) is 11.1. The second-order valence-electron chi connectivity index (χ2n) is 15.3. The summed E-state index contributed by atoms with van der Waals surface area (Å²) in [7, 11) is 0. The van der Waals surface area contributed by atoms with Gasteiger partial charge in [-0.1, -0.05) is 30.3 Å². The van der Waals surface area contributed by atoms with E-state index in [0.717, 1.165) is 95.0 Å². The van der Waals surface area contributed by atoms with Crippen molar-refractivity contribution in [1.29, 1.82) is 0 Å². The zero-order chi connectivity index (χ0) is 37.3. The van der Waals surface area contributed by atoms with Crippen molar-refractivity contribution in [3.05, 3.63) is 111 Å². The lowest BCUT2D eigenvalue weighted by molar-refractivity contribution is -0.141. The molecule has 4 fully saturated rings. The van der Waals surface area contributed by atoms with E-state index < -0.39 is 0 Å². The molecule has 4 aromatic rings. The van der Waals surface area contributed by atoms with Crippen LogP contribution in [0.15, 0.2) is 60.9 Å². The van der Waals surface area contributed by atoms with E-state index in [1.807, 2.05) is 62.5 Å². The highest BCUT2D eigenvalue weighted by Crippen LogP contribution is 2.43. The van der Waals surface area contributed by atoms with Crippen LogP contribution in [0.2, 0.25) is 0 Å². The quantitative estimate of drug-likeness (QED) is 0.103. The molecule has 2 aliphatic heterocycles. The first-order valence-corrected chi connectivity index (χ1v) is 19.3. The number of rotatable bonds is 14. The van der Waals surface area contributed by atoms with Crippen LogP contribution in [0, 0.1) is 19.8 Å². The first kappa shape index (κ1) is 35.8. The maximum absolute atomic E-state index is 13.7. The molecule has 1 amide bonds. The summed E-state index contributed by atoms with van der Waals surface area (Å²) >= 11 is 0. The molecule has 2 saturated carbocycles. The summed E-state index contributed by atoms with van der Waals surface area (Å²) in [4.78, 5) is 60.4. The van der Waals surface area contributed by atoms with Gasteiger partial charge in [0.2, 0.25) is 0 Å². The van der Waals surface area contributed by atoms with Crippen molar-refractivity contribution in [3.8, 4) is 11.1 Å². The summed E-state index contributed by atoms with van der Waals surface area (Å²) in [5, 5.41) is 6.41. The largest absolute Gasteiger partial charge is 0.465 e. The summed E-state index contributed by atoms with van der Waals surface area (Å²) < 4.78 is 10.2. The highest BCUT2D eigenvalue weighted by Gasteiger charge is 2.32. The molecule has 4 heterocycles. The summed E-state index contributed by atoms with van der Waals surface area (Å²) in [5.74, 6) is 0.158. The van der Waals surface area contributed by atoms with Gasteiger partial charge in [0, 0.05) is 37.5 Å². The van der Waals surface area contributed by atoms with Gasteiger partial charge in [-0.2, -0.15) is 0 Å². The van der Waals surface area contributed by atoms with Crippen LogP contribution in [0.3, 0.4) is 0 Å². The van der Waals surface area contributed by atoms with Crippen LogP contribution in [0.5, 0.6) is 0 Å². The number of hydrogen-bond donors (Lipinski definition) is 2. The van der Waals surface area contributed by atoms with E-state index in [1.165, 1.54) is 0 Å². The van der Waals surface area contributed by atoms with Gasteiger partial charge < -0.3 is 20.1 Å². The molecular weight excluding hydrogens is 681 g/mol. The van der Waals surface area contributed by atoms with E-state index >= 15 is 0 Å². The fraction of sp³-hybridized carbons (Fsp3) is 0.409. The summed E-state index contributed by atoms with van der Waals surface area (Å²) in [5.41, 5.74) is 10.8. The Bertz CT molecular complexity index is 1990. The summed E-state index contributed by atoms with van der Waals surface area (Å²) in [6, 6.07) is 15.5. The number of carbonyl (C=O) groups excluding carboxylic acids is 4. The maximum Gasteiger partial charge on any atom is 0.323 e. The third-order valence-corrected chi connectivity index (χ3v) is 11.5. The zero-order valence-corrected chi connectivity index (χ0v) is 30.9. The highest BCUT2D eigenvalue weighted by atomic mass is 16.5. The molecule has 0 bridgehead atoms. The van der Waals surface area contributed by atoms with Gasteiger partial charge in [0.25, 0.3) is 5.91 Å². The molecule has 2 aromatic heterocycles. The first-order valence-electron chi connectivity index (χ1n) is 19.3. The van der Waals surface area contributed by atoms with Crippen molar-refractivity contribution in [1.82, 2.24) is 15.3 Å². The number of cyclic esters (lactones) is 2. The van der Waals surface area contributed by atoms with Crippen molar-refractivity contribution in [2.75, 3.05) is 18.5 Å². The normalized spacial score (nSPS) is 19.4. The molecule has 2 atom stereocenters. The van der Waals surface area contributed by atoms with Gasteiger partial charge in [0.05, 0.1) is 19.1 Å². The van der Waals surface area contributed by atoms with Crippen molar-refractivity contribution in [2.45, 2.75) is 96.1 Å². The summed E-state index contributed by atoms with van der Waals surface area (Å²) in [6.45, 7) is 5.49. The number of aryl methyl sites for hydroxylation is 1. The lowest BCUT2D eigenvalue weighted by Crippen LogP contribution is -2.32. The topological polar surface area (TPSA) is 137 Å². The molecule has 2 N–H and O–H groups in total. The third kappa shape index (κ3) is 7.71. The van der Waals surface area contributed by atoms with E-state index in [2.05, 4.69) is 26.7 Å². The van der Waals surface area contributed by atoms with Crippen molar-refractivity contribution >= 4 is 29.3 Å². The first-order chi connectivity index (χ1) is 26.2. The Morgan fingerprint density at radius 1 is 0.741 bits per heavy atom. The van der Waals surface area contributed by atoms with Gasteiger partial charge in [-0.3, -0.25) is 29.1 Å². The molecule has 2 aromatic carbocycles. The molecule has 8 rings (SSSR count). The number of esters is 2. The Morgan fingerprint density at radius 3 is 2.09 bits per heavy atom. The van der Waals surface area contributed by atoms with Crippen molar-refractivity contribution in [3.63, 3.8) is 0 Å². The van der Waals surface area contributed by atoms with Gasteiger partial charge in [0.1, 0.15) is 17.4 Å². The van der Waals surface area contributed by atoms with Crippen LogP contribution in [0.1, 0.15) is 117 Å². The molecular formula is C44H46N4O6. The molecule has 10 nitrogen and oxygen atoms in total. The molecule has 0 spiro atoms. The molecule has 0 unspecified atom stereocenters. The van der Waals surface area contributed by atoms with Crippen molar-refractivity contribution < 1.29 is 28.7 Å². The van der Waals surface area contributed by atoms with E-state index in [0.29, 0.717) is 55.1 Å². The molecule has 2 saturated heterocycles. The average Bonchev–Trinajstić information content (AvgIpc) is 4.12. The van der Waals surface area contributed by atoms with Crippen LogP contribution < -0.4 is 10.6 Å².